The minimum atomic E-state index is 0.469. The molecule has 0 fully saturated rings. The van der Waals surface area contributed by atoms with Crippen molar-refractivity contribution in [1.82, 2.24) is 14.5 Å². The number of fused-ring (bicyclic) bond motifs is 1. The van der Waals surface area contributed by atoms with E-state index >= 15 is 0 Å². The molecule has 0 unspecified atom stereocenters. The van der Waals surface area contributed by atoms with Crippen molar-refractivity contribution < 1.29 is 0 Å². The number of hydrogen-bond acceptors (Lipinski definition) is 2. The van der Waals surface area contributed by atoms with Gasteiger partial charge in [0.2, 0.25) is 0 Å². The van der Waals surface area contributed by atoms with Crippen LogP contribution in [0.1, 0.15) is 19.0 Å². The Morgan fingerprint density at radius 3 is 2.80 bits per heavy atom. The van der Waals surface area contributed by atoms with E-state index in [9.17, 15) is 0 Å². The molecule has 0 amide bonds. The lowest BCUT2D eigenvalue weighted by Gasteiger charge is -2.04. The minimum Gasteiger partial charge on any atom is -0.348 e. The molecule has 0 aliphatic carbocycles. The third-order valence-electron chi connectivity index (χ3n) is 3.60. The van der Waals surface area contributed by atoms with Gasteiger partial charge < -0.3 is 4.57 Å². The maximum Gasteiger partial charge on any atom is 0.133 e. The van der Waals surface area contributed by atoms with Gasteiger partial charge in [-0.25, -0.2) is 9.97 Å². The van der Waals surface area contributed by atoms with Crippen molar-refractivity contribution in [3.8, 4) is 11.3 Å². The number of aryl methyl sites for hydroxylation is 2. The molecule has 102 valence electrons. The SMILES string of the molecule is CCCc1cc2c(-c3cc(Cl)ncn3)cccc2n1C. The molecule has 1 aromatic carbocycles. The van der Waals surface area contributed by atoms with Gasteiger partial charge in [0, 0.05) is 35.3 Å². The van der Waals surface area contributed by atoms with Gasteiger partial charge in [0.15, 0.2) is 0 Å². The molecule has 4 heteroatoms. The smallest absolute Gasteiger partial charge is 0.133 e. The van der Waals surface area contributed by atoms with E-state index in [0.29, 0.717) is 5.15 Å². The fraction of sp³-hybridized carbons (Fsp3) is 0.250. The van der Waals surface area contributed by atoms with Crippen molar-refractivity contribution in [3.63, 3.8) is 0 Å². The zero-order chi connectivity index (χ0) is 14.1. The Balaban J connectivity index is 2.24. The van der Waals surface area contributed by atoms with Crippen LogP contribution in [0.5, 0.6) is 0 Å². The fourth-order valence-electron chi connectivity index (χ4n) is 2.62. The molecule has 2 heterocycles. The largest absolute Gasteiger partial charge is 0.348 e. The van der Waals surface area contributed by atoms with Gasteiger partial charge in [-0.3, -0.25) is 0 Å². The average molecular weight is 286 g/mol. The molecular weight excluding hydrogens is 270 g/mol. The highest BCUT2D eigenvalue weighted by atomic mass is 35.5. The molecule has 0 bridgehead atoms. The summed E-state index contributed by atoms with van der Waals surface area (Å²) >= 11 is 5.98. The summed E-state index contributed by atoms with van der Waals surface area (Å²) in [7, 11) is 2.12. The van der Waals surface area contributed by atoms with Crippen LogP contribution in [0, 0.1) is 0 Å². The van der Waals surface area contributed by atoms with Gasteiger partial charge in [0.1, 0.15) is 11.5 Å². The highest BCUT2D eigenvalue weighted by Gasteiger charge is 2.11. The molecule has 2 aromatic heterocycles. The lowest BCUT2D eigenvalue weighted by molar-refractivity contribution is 0.805. The molecule has 3 aromatic rings. The highest BCUT2D eigenvalue weighted by Crippen LogP contribution is 2.30. The summed E-state index contributed by atoms with van der Waals surface area (Å²) in [4.78, 5) is 8.29. The quantitative estimate of drug-likeness (QED) is 0.674. The van der Waals surface area contributed by atoms with Crippen LogP contribution in [0.3, 0.4) is 0 Å². The van der Waals surface area contributed by atoms with Gasteiger partial charge >= 0.3 is 0 Å². The summed E-state index contributed by atoms with van der Waals surface area (Å²) < 4.78 is 2.26. The zero-order valence-corrected chi connectivity index (χ0v) is 12.4. The first-order valence-electron chi connectivity index (χ1n) is 6.76. The number of rotatable bonds is 3. The third-order valence-corrected chi connectivity index (χ3v) is 3.81. The topological polar surface area (TPSA) is 30.7 Å². The number of aromatic nitrogens is 3. The maximum atomic E-state index is 5.98. The van der Waals surface area contributed by atoms with Crippen molar-refractivity contribution in [3.05, 3.63) is 47.5 Å². The summed E-state index contributed by atoms with van der Waals surface area (Å²) in [6, 6.07) is 10.3. The van der Waals surface area contributed by atoms with Crippen LogP contribution in [0.2, 0.25) is 5.15 Å². The van der Waals surface area contributed by atoms with Crippen molar-refractivity contribution >= 4 is 22.5 Å². The van der Waals surface area contributed by atoms with E-state index in [4.69, 9.17) is 11.6 Å². The molecule has 0 atom stereocenters. The second kappa shape index (κ2) is 5.25. The van der Waals surface area contributed by atoms with Crippen LogP contribution in [0.15, 0.2) is 36.7 Å². The van der Waals surface area contributed by atoms with Crippen molar-refractivity contribution in [2.24, 2.45) is 7.05 Å². The van der Waals surface area contributed by atoms with E-state index in [0.717, 1.165) is 24.1 Å². The molecule has 0 saturated carbocycles. The van der Waals surface area contributed by atoms with Gasteiger partial charge in [0.25, 0.3) is 0 Å². The Labute approximate surface area is 123 Å². The second-order valence-electron chi connectivity index (χ2n) is 4.91. The molecule has 0 aliphatic heterocycles. The first kappa shape index (κ1) is 13.1. The van der Waals surface area contributed by atoms with E-state index in [2.05, 4.69) is 52.8 Å². The fourth-order valence-corrected chi connectivity index (χ4v) is 2.76. The number of benzene rings is 1. The van der Waals surface area contributed by atoms with Crippen LogP contribution in [-0.2, 0) is 13.5 Å². The first-order valence-corrected chi connectivity index (χ1v) is 7.13. The molecule has 0 radical (unpaired) electrons. The summed E-state index contributed by atoms with van der Waals surface area (Å²) in [5.41, 5.74) is 4.53. The lowest BCUT2D eigenvalue weighted by atomic mass is 10.1. The normalized spacial score (nSPS) is 11.2. The van der Waals surface area contributed by atoms with E-state index < -0.39 is 0 Å². The molecule has 20 heavy (non-hydrogen) atoms. The van der Waals surface area contributed by atoms with E-state index in [1.54, 1.807) is 0 Å². The molecule has 3 rings (SSSR count). The Hall–Kier alpha value is -1.87. The van der Waals surface area contributed by atoms with Crippen LogP contribution in [-0.4, -0.2) is 14.5 Å². The third kappa shape index (κ3) is 2.18. The predicted molar refractivity (Wildman–Crippen MR) is 83.0 cm³/mol. The predicted octanol–water partition coefficient (Wildman–Crippen LogP) is 4.24. The second-order valence-corrected chi connectivity index (χ2v) is 5.30. The van der Waals surface area contributed by atoms with Crippen LogP contribution in [0.4, 0.5) is 0 Å². The van der Waals surface area contributed by atoms with Crippen LogP contribution in [0.25, 0.3) is 22.2 Å². The Morgan fingerprint density at radius 2 is 2.05 bits per heavy atom. The standard InChI is InChI=1S/C16H16ClN3/c1-3-5-11-8-13-12(6-4-7-15(13)20(11)2)14-9-16(17)19-10-18-14/h4,6-10H,3,5H2,1-2H3. The number of halogens is 1. The van der Waals surface area contributed by atoms with Gasteiger partial charge in [-0.05, 0) is 18.6 Å². The zero-order valence-electron chi connectivity index (χ0n) is 11.6. The number of nitrogens with zero attached hydrogens (tertiary/aromatic N) is 3. The molecule has 0 aliphatic rings. The van der Waals surface area contributed by atoms with Gasteiger partial charge in [0.05, 0.1) is 5.69 Å². The minimum absolute atomic E-state index is 0.469. The number of hydrogen-bond donors (Lipinski definition) is 0. The molecule has 0 spiro atoms. The summed E-state index contributed by atoms with van der Waals surface area (Å²) in [6.45, 7) is 2.20. The van der Waals surface area contributed by atoms with E-state index in [-0.39, 0.29) is 0 Å². The van der Waals surface area contributed by atoms with Gasteiger partial charge in [-0.1, -0.05) is 37.1 Å². The first-order chi connectivity index (χ1) is 9.70. The maximum absolute atomic E-state index is 5.98. The molecule has 3 nitrogen and oxygen atoms in total. The Bertz CT molecular complexity index is 762. The van der Waals surface area contributed by atoms with Crippen LogP contribution < -0.4 is 0 Å². The monoisotopic (exact) mass is 285 g/mol. The van der Waals surface area contributed by atoms with Crippen LogP contribution >= 0.6 is 11.6 Å². The molecule has 0 saturated heterocycles. The lowest BCUT2D eigenvalue weighted by Crippen LogP contribution is -1.94. The Morgan fingerprint density at radius 1 is 1.20 bits per heavy atom. The van der Waals surface area contributed by atoms with Gasteiger partial charge in [-0.2, -0.15) is 0 Å². The van der Waals surface area contributed by atoms with E-state index in [1.165, 1.54) is 22.9 Å². The van der Waals surface area contributed by atoms with Crippen molar-refractivity contribution in [2.75, 3.05) is 0 Å². The van der Waals surface area contributed by atoms with Gasteiger partial charge in [-0.15, -0.1) is 0 Å². The summed E-state index contributed by atoms with van der Waals surface area (Å²) in [5, 5.41) is 1.69. The summed E-state index contributed by atoms with van der Waals surface area (Å²) in [5.74, 6) is 0. The summed E-state index contributed by atoms with van der Waals surface area (Å²) in [6.07, 6.45) is 3.72. The van der Waals surface area contributed by atoms with Crippen molar-refractivity contribution in [1.29, 1.82) is 0 Å². The molecular formula is C16H16ClN3. The van der Waals surface area contributed by atoms with E-state index in [1.807, 2.05) is 6.07 Å². The van der Waals surface area contributed by atoms with Crippen molar-refractivity contribution in [2.45, 2.75) is 19.8 Å². The highest BCUT2D eigenvalue weighted by molar-refractivity contribution is 6.29. The Kier molecular flexibility index (Phi) is 3.45. The molecule has 0 N–H and O–H groups in total. The average Bonchev–Trinajstić information content (AvgIpc) is 2.76.